The van der Waals surface area contributed by atoms with Crippen LogP contribution in [0.1, 0.15) is 13.8 Å². The number of methoxy groups -OCH3 is 1. The predicted molar refractivity (Wildman–Crippen MR) is 40.0 cm³/mol. The highest BCUT2D eigenvalue weighted by atomic mass is 16.5. The van der Waals surface area contributed by atoms with Gasteiger partial charge in [-0.2, -0.15) is 0 Å². The minimum absolute atomic E-state index is 0.145. The Balaban J connectivity index is 4.45. The van der Waals surface area contributed by atoms with Gasteiger partial charge in [0.25, 0.3) is 0 Å². The minimum atomic E-state index is -0.470. The molecule has 0 saturated carbocycles. The fourth-order valence-electron chi connectivity index (χ4n) is 0.422. The van der Waals surface area contributed by atoms with E-state index in [0.717, 1.165) is 0 Å². The van der Waals surface area contributed by atoms with Gasteiger partial charge in [0.15, 0.2) is 5.78 Å². The predicted octanol–water partition coefficient (Wildman–Crippen LogP) is 0.850. The number of hydrogen-bond donors (Lipinski definition) is 0. The van der Waals surface area contributed by atoms with Crippen LogP contribution in [0.5, 0.6) is 0 Å². The van der Waals surface area contributed by atoms with Crippen molar-refractivity contribution in [2.24, 2.45) is 0 Å². The third kappa shape index (κ3) is 4.12. The monoisotopic (exact) mass is 154 g/mol. The molecule has 0 heterocycles. The van der Waals surface area contributed by atoms with Gasteiger partial charge in [0.2, 0.25) is 0 Å². The molecule has 0 spiro atoms. The van der Waals surface area contributed by atoms with Crippen LogP contribution in [0.4, 0.5) is 0 Å². The molecule has 0 aliphatic carbocycles. The lowest BCUT2D eigenvalue weighted by atomic mass is 10.3. The molecule has 3 nitrogen and oxygen atoms in total. The Kier molecular flexibility index (Phi) is 3.93. The van der Waals surface area contributed by atoms with Gasteiger partial charge < -0.3 is 4.74 Å². The molecule has 60 valence electrons. The molecule has 0 aromatic rings. The Morgan fingerprint density at radius 3 is 2.27 bits per heavy atom. The summed E-state index contributed by atoms with van der Waals surface area (Å²) in [5, 5.41) is 0. The zero-order valence-corrected chi connectivity index (χ0v) is 6.80. The highest BCUT2D eigenvalue weighted by molar-refractivity contribution is 5.91. The van der Waals surface area contributed by atoms with Gasteiger partial charge >= 0.3 is 5.97 Å². The minimum Gasteiger partial charge on any atom is -0.465 e. The van der Waals surface area contributed by atoms with Gasteiger partial charge in [-0.05, 0) is 13.8 Å². The maximum Gasteiger partial charge on any atom is 0.341 e. The standard InChI is InChI=1S/C8H10O3/c1-6(8(10)11-3)4-5-7(2)9/h5H,1-3H3. The van der Waals surface area contributed by atoms with Gasteiger partial charge in [0, 0.05) is 6.08 Å². The molecule has 0 saturated heterocycles. The van der Waals surface area contributed by atoms with Gasteiger partial charge in [0.1, 0.15) is 0 Å². The number of carbonyl (C=O) groups excluding carboxylic acids is 2. The van der Waals surface area contributed by atoms with Crippen LogP contribution < -0.4 is 0 Å². The lowest BCUT2D eigenvalue weighted by molar-refractivity contribution is -0.136. The maximum absolute atomic E-state index is 10.7. The van der Waals surface area contributed by atoms with Crippen LogP contribution in [-0.2, 0) is 14.3 Å². The zero-order valence-electron chi connectivity index (χ0n) is 6.80. The van der Waals surface area contributed by atoms with Crippen LogP contribution in [-0.4, -0.2) is 18.9 Å². The van der Waals surface area contributed by atoms with Crippen molar-refractivity contribution in [2.75, 3.05) is 7.11 Å². The van der Waals surface area contributed by atoms with E-state index < -0.39 is 5.97 Å². The van der Waals surface area contributed by atoms with Crippen LogP contribution >= 0.6 is 0 Å². The summed E-state index contributed by atoms with van der Waals surface area (Å²) in [7, 11) is 1.28. The lowest BCUT2D eigenvalue weighted by Crippen LogP contribution is -2.00. The van der Waals surface area contributed by atoms with E-state index >= 15 is 0 Å². The second-order valence-corrected chi connectivity index (χ2v) is 2.02. The molecular weight excluding hydrogens is 144 g/mol. The van der Waals surface area contributed by atoms with E-state index in [-0.39, 0.29) is 5.78 Å². The highest BCUT2D eigenvalue weighted by Gasteiger charge is 1.99. The van der Waals surface area contributed by atoms with Crippen molar-refractivity contribution in [1.82, 2.24) is 0 Å². The summed E-state index contributed by atoms with van der Waals surface area (Å²) < 4.78 is 4.37. The molecule has 0 amide bonds. The first-order valence-electron chi connectivity index (χ1n) is 3.10. The van der Waals surface area contributed by atoms with Crippen LogP contribution in [0.2, 0.25) is 0 Å². The van der Waals surface area contributed by atoms with Crippen LogP contribution in [0.15, 0.2) is 17.4 Å². The molecule has 0 rings (SSSR count). The van der Waals surface area contributed by atoms with Gasteiger partial charge in [-0.1, -0.05) is 0 Å². The van der Waals surface area contributed by atoms with Crippen molar-refractivity contribution in [3.8, 4) is 0 Å². The zero-order chi connectivity index (χ0) is 8.85. The molecule has 0 unspecified atom stereocenters. The third-order valence-corrected chi connectivity index (χ3v) is 0.984. The van der Waals surface area contributed by atoms with Crippen molar-refractivity contribution in [3.63, 3.8) is 0 Å². The second kappa shape index (κ2) is 4.47. The van der Waals surface area contributed by atoms with Crippen molar-refractivity contribution < 1.29 is 14.3 Å². The summed E-state index contributed by atoms with van der Waals surface area (Å²) in [6.07, 6.45) is 1.20. The summed E-state index contributed by atoms with van der Waals surface area (Å²) in [5.74, 6) is -0.615. The molecule has 0 bridgehead atoms. The Morgan fingerprint density at radius 2 is 1.91 bits per heavy atom. The van der Waals surface area contributed by atoms with E-state index in [1.54, 1.807) is 0 Å². The molecule has 0 fully saturated rings. The van der Waals surface area contributed by atoms with Gasteiger partial charge in [-0.3, -0.25) is 4.79 Å². The normalized spacial score (nSPS) is 7.91. The average molecular weight is 154 g/mol. The number of ether oxygens (including phenoxy) is 1. The largest absolute Gasteiger partial charge is 0.465 e. The van der Waals surface area contributed by atoms with Crippen molar-refractivity contribution in [3.05, 3.63) is 17.4 Å². The Morgan fingerprint density at radius 1 is 1.36 bits per heavy atom. The summed E-state index contributed by atoms with van der Waals surface area (Å²) in [6.45, 7) is 2.92. The van der Waals surface area contributed by atoms with E-state index in [0.29, 0.717) is 5.57 Å². The number of esters is 1. The number of hydrogen-bond acceptors (Lipinski definition) is 3. The van der Waals surface area contributed by atoms with E-state index in [9.17, 15) is 9.59 Å². The first-order chi connectivity index (χ1) is 5.07. The van der Waals surface area contributed by atoms with E-state index in [4.69, 9.17) is 0 Å². The molecule has 0 atom stereocenters. The van der Waals surface area contributed by atoms with Gasteiger partial charge in [-0.15, -0.1) is 5.73 Å². The molecule has 3 heteroatoms. The quantitative estimate of drug-likeness (QED) is 0.336. The Hall–Kier alpha value is -1.34. The number of rotatable bonds is 2. The van der Waals surface area contributed by atoms with E-state index in [2.05, 4.69) is 10.5 Å². The summed E-state index contributed by atoms with van der Waals surface area (Å²) in [5.41, 5.74) is 2.79. The van der Waals surface area contributed by atoms with Crippen molar-refractivity contribution in [2.45, 2.75) is 13.8 Å². The molecule has 0 aliphatic heterocycles. The summed E-state index contributed by atoms with van der Waals surface area (Å²) in [4.78, 5) is 21.0. The molecule has 11 heavy (non-hydrogen) atoms. The first-order valence-corrected chi connectivity index (χ1v) is 3.10. The molecule has 0 aliphatic rings. The van der Waals surface area contributed by atoms with Crippen molar-refractivity contribution >= 4 is 11.8 Å². The number of carbonyl (C=O) groups is 2. The first kappa shape index (κ1) is 9.66. The highest BCUT2D eigenvalue weighted by Crippen LogP contribution is 1.91. The maximum atomic E-state index is 10.7. The van der Waals surface area contributed by atoms with Crippen LogP contribution in [0.3, 0.4) is 0 Å². The van der Waals surface area contributed by atoms with Crippen LogP contribution in [0, 0.1) is 0 Å². The molecule has 0 aromatic carbocycles. The summed E-state index contributed by atoms with van der Waals surface area (Å²) in [6, 6.07) is 0. The number of ketones is 1. The van der Waals surface area contributed by atoms with E-state index in [1.165, 1.54) is 27.0 Å². The van der Waals surface area contributed by atoms with Gasteiger partial charge in [-0.25, -0.2) is 4.79 Å². The Labute approximate surface area is 65.4 Å². The third-order valence-electron chi connectivity index (χ3n) is 0.984. The van der Waals surface area contributed by atoms with Crippen LogP contribution in [0.25, 0.3) is 0 Å². The topological polar surface area (TPSA) is 43.4 Å². The average Bonchev–Trinajstić information content (AvgIpc) is 1.98. The SMILES string of the molecule is COC(=O)C(C)=C=CC(C)=O. The van der Waals surface area contributed by atoms with Gasteiger partial charge in [0.05, 0.1) is 12.7 Å². The molecule has 0 radical (unpaired) electrons. The smallest absolute Gasteiger partial charge is 0.341 e. The second-order valence-electron chi connectivity index (χ2n) is 2.02. The fraction of sp³-hybridized carbons (Fsp3) is 0.375. The van der Waals surface area contributed by atoms with Crippen molar-refractivity contribution in [1.29, 1.82) is 0 Å². The summed E-state index contributed by atoms with van der Waals surface area (Å²) >= 11 is 0. The molecule has 0 N–H and O–H groups in total. The molecular formula is C8H10O3. The fourth-order valence-corrected chi connectivity index (χ4v) is 0.422. The lowest BCUT2D eigenvalue weighted by Gasteiger charge is -1.92. The molecule has 0 aromatic heterocycles. The van der Waals surface area contributed by atoms with E-state index in [1.807, 2.05) is 0 Å². The Bertz CT molecular complexity index is 232.